The third-order valence-corrected chi connectivity index (χ3v) is 1.85. The Bertz CT molecular complexity index is 311. The molecule has 1 unspecified atom stereocenters. The number of para-hydroxylation sites is 1. The number of nitrogens with two attached hydrogens (primary N) is 1. The number of alkyl halides is 3. The van der Waals surface area contributed by atoms with Gasteiger partial charge >= 0.3 is 6.18 Å². The maximum atomic E-state index is 12.1. The van der Waals surface area contributed by atoms with Crippen molar-refractivity contribution in [3.63, 3.8) is 0 Å². The van der Waals surface area contributed by atoms with Crippen LogP contribution in [-0.4, -0.2) is 17.3 Å². The molecule has 0 bridgehead atoms. The van der Waals surface area contributed by atoms with Gasteiger partial charge in [0.25, 0.3) is 0 Å². The van der Waals surface area contributed by atoms with E-state index in [9.17, 15) is 18.3 Å². The van der Waals surface area contributed by atoms with Crippen molar-refractivity contribution in [1.82, 2.24) is 0 Å². The molecule has 78 valence electrons. The summed E-state index contributed by atoms with van der Waals surface area (Å²) >= 11 is 0. The molecule has 1 aromatic rings. The molecule has 1 rings (SSSR count). The number of phenolic OH excluding ortho intramolecular Hbond substituents is 1. The molecule has 0 heterocycles. The summed E-state index contributed by atoms with van der Waals surface area (Å²) in [6.07, 6.45) is -4.83. The Morgan fingerprint density at radius 1 is 1.29 bits per heavy atom. The lowest BCUT2D eigenvalue weighted by molar-refractivity contribution is -0.147. The molecule has 0 spiro atoms. The molecule has 0 saturated carbocycles. The number of aromatic hydroxyl groups is 1. The first-order chi connectivity index (χ1) is 6.41. The quantitative estimate of drug-likeness (QED) is 0.773. The first kappa shape index (κ1) is 10.8. The van der Waals surface area contributed by atoms with Gasteiger partial charge in [-0.25, -0.2) is 0 Å². The van der Waals surface area contributed by atoms with Gasteiger partial charge in [0.1, 0.15) is 11.8 Å². The van der Waals surface area contributed by atoms with E-state index in [4.69, 9.17) is 5.73 Å². The highest BCUT2D eigenvalue weighted by atomic mass is 19.4. The lowest BCUT2D eigenvalue weighted by Gasteiger charge is -2.15. The Balaban J connectivity index is 2.75. The van der Waals surface area contributed by atoms with Gasteiger partial charge in [0.2, 0.25) is 0 Å². The average molecular weight is 205 g/mol. The van der Waals surface area contributed by atoms with Crippen molar-refractivity contribution in [2.45, 2.75) is 18.6 Å². The van der Waals surface area contributed by atoms with E-state index in [1.54, 1.807) is 6.07 Å². The minimum atomic E-state index is -4.43. The Morgan fingerprint density at radius 3 is 2.36 bits per heavy atom. The number of hydrogen-bond acceptors (Lipinski definition) is 2. The zero-order valence-corrected chi connectivity index (χ0v) is 7.25. The van der Waals surface area contributed by atoms with Gasteiger partial charge in [-0.2, -0.15) is 13.2 Å². The van der Waals surface area contributed by atoms with Crippen LogP contribution in [0.25, 0.3) is 0 Å². The standard InChI is InChI=1S/C9H10F3NO/c10-9(11,12)8(13)5-6-3-1-2-4-7(6)14/h1-4,8,14H,5,13H2. The van der Waals surface area contributed by atoms with Gasteiger partial charge in [0.15, 0.2) is 0 Å². The van der Waals surface area contributed by atoms with E-state index < -0.39 is 18.6 Å². The summed E-state index contributed by atoms with van der Waals surface area (Å²) in [6, 6.07) is 3.91. The minimum Gasteiger partial charge on any atom is -0.508 e. The van der Waals surface area contributed by atoms with E-state index in [0.29, 0.717) is 0 Å². The molecular weight excluding hydrogens is 195 g/mol. The Hall–Kier alpha value is -1.23. The van der Waals surface area contributed by atoms with Gasteiger partial charge < -0.3 is 10.8 Å². The third-order valence-electron chi connectivity index (χ3n) is 1.85. The normalized spacial score (nSPS) is 14.0. The van der Waals surface area contributed by atoms with Crippen molar-refractivity contribution >= 4 is 0 Å². The van der Waals surface area contributed by atoms with Crippen LogP contribution in [0.15, 0.2) is 24.3 Å². The Labute approximate surface area is 79.2 Å². The SMILES string of the molecule is NC(Cc1ccccc1O)C(F)(F)F. The molecule has 0 fully saturated rings. The molecule has 0 aliphatic carbocycles. The fourth-order valence-corrected chi connectivity index (χ4v) is 1.04. The lowest BCUT2D eigenvalue weighted by atomic mass is 10.1. The topological polar surface area (TPSA) is 46.2 Å². The molecule has 1 aromatic carbocycles. The van der Waals surface area contributed by atoms with Gasteiger partial charge in [-0.05, 0) is 18.1 Å². The van der Waals surface area contributed by atoms with Crippen molar-refractivity contribution in [2.24, 2.45) is 5.73 Å². The maximum Gasteiger partial charge on any atom is 0.403 e. The molecule has 14 heavy (non-hydrogen) atoms. The van der Waals surface area contributed by atoms with E-state index in [-0.39, 0.29) is 11.3 Å². The van der Waals surface area contributed by atoms with Crippen LogP contribution in [0.1, 0.15) is 5.56 Å². The molecule has 0 aliphatic rings. The first-order valence-corrected chi connectivity index (χ1v) is 4.00. The molecular formula is C9H10F3NO. The summed E-state index contributed by atoms with van der Waals surface area (Å²) in [5.74, 6) is -0.160. The van der Waals surface area contributed by atoms with Crippen molar-refractivity contribution < 1.29 is 18.3 Å². The van der Waals surface area contributed by atoms with E-state index in [1.165, 1.54) is 18.2 Å². The van der Waals surface area contributed by atoms with Crippen LogP contribution in [0.4, 0.5) is 13.2 Å². The molecule has 0 amide bonds. The van der Waals surface area contributed by atoms with Crippen LogP contribution >= 0.6 is 0 Å². The minimum absolute atomic E-state index is 0.160. The number of benzene rings is 1. The summed E-state index contributed by atoms with van der Waals surface area (Å²) in [5.41, 5.74) is 5.12. The second-order valence-corrected chi connectivity index (χ2v) is 2.98. The molecule has 2 nitrogen and oxygen atoms in total. The lowest BCUT2D eigenvalue weighted by Crippen LogP contribution is -2.39. The molecule has 0 saturated heterocycles. The molecule has 0 aliphatic heterocycles. The molecule has 5 heteroatoms. The van der Waals surface area contributed by atoms with Gasteiger partial charge in [-0.3, -0.25) is 0 Å². The first-order valence-electron chi connectivity index (χ1n) is 4.00. The zero-order valence-electron chi connectivity index (χ0n) is 7.25. The summed E-state index contributed by atoms with van der Waals surface area (Å²) in [5, 5.41) is 9.20. The number of rotatable bonds is 2. The predicted octanol–water partition coefficient (Wildman–Crippen LogP) is 1.82. The highest BCUT2D eigenvalue weighted by molar-refractivity contribution is 5.32. The van der Waals surface area contributed by atoms with Gasteiger partial charge in [-0.15, -0.1) is 0 Å². The summed E-state index contributed by atoms with van der Waals surface area (Å²) in [6.45, 7) is 0. The highest BCUT2D eigenvalue weighted by Crippen LogP contribution is 2.24. The highest BCUT2D eigenvalue weighted by Gasteiger charge is 2.36. The van der Waals surface area contributed by atoms with Crippen LogP contribution in [0.2, 0.25) is 0 Å². The predicted molar refractivity (Wildman–Crippen MR) is 45.8 cm³/mol. The number of halogens is 3. The van der Waals surface area contributed by atoms with Crippen LogP contribution in [-0.2, 0) is 6.42 Å². The fourth-order valence-electron chi connectivity index (χ4n) is 1.04. The number of phenols is 1. The second kappa shape index (κ2) is 3.88. The zero-order chi connectivity index (χ0) is 10.8. The summed E-state index contributed by atoms with van der Waals surface area (Å²) in [7, 11) is 0. The van der Waals surface area contributed by atoms with Crippen molar-refractivity contribution in [2.75, 3.05) is 0 Å². The number of hydrogen-bond donors (Lipinski definition) is 2. The van der Waals surface area contributed by atoms with Crippen LogP contribution in [0, 0.1) is 0 Å². The smallest absolute Gasteiger partial charge is 0.403 e. The molecule has 1 atom stereocenters. The molecule has 0 radical (unpaired) electrons. The van der Waals surface area contributed by atoms with Gasteiger partial charge in [-0.1, -0.05) is 18.2 Å². The summed E-state index contributed by atoms with van der Waals surface area (Å²) < 4.78 is 36.2. The van der Waals surface area contributed by atoms with Gasteiger partial charge in [0.05, 0.1) is 0 Å². The fraction of sp³-hybridized carbons (Fsp3) is 0.333. The molecule has 0 aromatic heterocycles. The van der Waals surface area contributed by atoms with E-state index >= 15 is 0 Å². The van der Waals surface area contributed by atoms with Gasteiger partial charge in [0, 0.05) is 0 Å². The monoisotopic (exact) mass is 205 g/mol. The van der Waals surface area contributed by atoms with E-state index in [2.05, 4.69) is 0 Å². The maximum absolute atomic E-state index is 12.1. The largest absolute Gasteiger partial charge is 0.508 e. The Morgan fingerprint density at radius 2 is 1.86 bits per heavy atom. The van der Waals surface area contributed by atoms with Crippen LogP contribution < -0.4 is 5.73 Å². The summed E-state index contributed by atoms with van der Waals surface area (Å²) in [4.78, 5) is 0. The van der Waals surface area contributed by atoms with Crippen LogP contribution in [0.3, 0.4) is 0 Å². The average Bonchev–Trinajstić information content (AvgIpc) is 2.07. The van der Waals surface area contributed by atoms with Crippen LogP contribution in [0.5, 0.6) is 5.75 Å². The van der Waals surface area contributed by atoms with Crippen molar-refractivity contribution in [1.29, 1.82) is 0 Å². The van der Waals surface area contributed by atoms with Crippen molar-refractivity contribution in [3.05, 3.63) is 29.8 Å². The van der Waals surface area contributed by atoms with E-state index in [1.807, 2.05) is 0 Å². The molecule has 3 N–H and O–H groups in total. The van der Waals surface area contributed by atoms with Crippen molar-refractivity contribution in [3.8, 4) is 5.75 Å². The third kappa shape index (κ3) is 2.63. The Kier molecular flexibility index (Phi) is 3.00. The van der Waals surface area contributed by atoms with E-state index in [0.717, 1.165) is 0 Å². The second-order valence-electron chi connectivity index (χ2n) is 2.98.